The van der Waals surface area contributed by atoms with E-state index in [1.54, 1.807) is 5.32 Å². The quantitative estimate of drug-likeness (QED) is 0.703. The smallest absolute Gasteiger partial charge is 0.471 e. The number of hydrogen-bond acceptors (Lipinski definition) is 2. The first-order valence-corrected chi connectivity index (χ1v) is 3.99. The minimum absolute atomic E-state index is 0.299. The fraction of sp³-hybridized carbons (Fsp3) is 0.500. The Labute approximate surface area is 83.8 Å². The Kier molecular flexibility index (Phi) is 4.83. The molecule has 0 radical (unpaired) electrons. The van der Waals surface area contributed by atoms with E-state index in [9.17, 15) is 22.8 Å². The Balaban J connectivity index is 4.04. The van der Waals surface area contributed by atoms with Crippen LogP contribution >= 0.6 is 0 Å². The van der Waals surface area contributed by atoms with Crippen molar-refractivity contribution in [1.82, 2.24) is 5.32 Å². The number of carboxylic acids is 1. The van der Waals surface area contributed by atoms with Crippen molar-refractivity contribution in [2.45, 2.75) is 25.6 Å². The second-order valence-electron chi connectivity index (χ2n) is 2.79. The van der Waals surface area contributed by atoms with Gasteiger partial charge in [-0.3, -0.25) is 9.59 Å². The molecule has 0 aromatic carbocycles. The van der Waals surface area contributed by atoms with Crippen LogP contribution in [0, 0.1) is 0 Å². The van der Waals surface area contributed by atoms with Gasteiger partial charge in [-0.05, 0) is 6.92 Å². The number of aliphatic carboxylic acids is 1. The Morgan fingerprint density at radius 1 is 1.47 bits per heavy atom. The van der Waals surface area contributed by atoms with Gasteiger partial charge in [0, 0.05) is 6.04 Å². The lowest BCUT2D eigenvalue weighted by atomic mass is 10.2. The van der Waals surface area contributed by atoms with Gasteiger partial charge in [-0.1, -0.05) is 12.2 Å². The zero-order valence-corrected chi connectivity index (χ0v) is 7.84. The van der Waals surface area contributed by atoms with Gasteiger partial charge in [0.1, 0.15) is 0 Å². The van der Waals surface area contributed by atoms with E-state index in [4.69, 9.17) is 5.11 Å². The molecule has 15 heavy (non-hydrogen) atoms. The molecule has 1 atom stereocenters. The molecule has 86 valence electrons. The van der Waals surface area contributed by atoms with Crippen molar-refractivity contribution in [2.75, 3.05) is 0 Å². The van der Waals surface area contributed by atoms with Crippen LogP contribution in [0.3, 0.4) is 0 Å². The van der Waals surface area contributed by atoms with Crippen LogP contribution in [0.1, 0.15) is 13.3 Å². The summed E-state index contributed by atoms with van der Waals surface area (Å²) < 4.78 is 35.2. The van der Waals surface area contributed by atoms with Gasteiger partial charge in [0.05, 0.1) is 6.42 Å². The van der Waals surface area contributed by atoms with Crippen molar-refractivity contribution in [1.29, 1.82) is 0 Å². The molecular weight excluding hydrogens is 215 g/mol. The summed E-state index contributed by atoms with van der Waals surface area (Å²) in [5.41, 5.74) is 0. The monoisotopic (exact) mass is 225 g/mol. The number of carboxylic acid groups (broad SMARTS) is 1. The average Bonchev–Trinajstić information content (AvgIpc) is 2.01. The predicted octanol–water partition coefficient (Wildman–Crippen LogP) is 1.08. The summed E-state index contributed by atoms with van der Waals surface area (Å²) in [5.74, 6) is -3.14. The van der Waals surface area contributed by atoms with Crippen molar-refractivity contribution in [2.24, 2.45) is 0 Å². The van der Waals surface area contributed by atoms with Gasteiger partial charge in [-0.15, -0.1) is 0 Å². The maximum atomic E-state index is 11.7. The van der Waals surface area contributed by atoms with Crippen LogP contribution in [0.25, 0.3) is 0 Å². The highest BCUT2D eigenvalue weighted by molar-refractivity contribution is 5.82. The zero-order valence-electron chi connectivity index (χ0n) is 7.84. The van der Waals surface area contributed by atoms with Gasteiger partial charge < -0.3 is 10.4 Å². The number of halogens is 3. The summed E-state index contributed by atoms with van der Waals surface area (Å²) in [4.78, 5) is 20.4. The highest BCUT2D eigenvalue weighted by atomic mass is 19.4. The fourth-order valence-corrected chi connectivity index (χ4v) is 0.710. The molecule has 0 unspecified atom stereocenters. The van der Waals surface area contributed by atoms with Crippen LogP contribution in [0.5, 0.6) is 0 Å². The van der Waals surface area contributed by atoms with E-state index in [-0.39, 0.29) is 6.42 Å². The third-order valence-corrected chi connectivity index (χ3v) is 1.33. The lowest BCUT2D eigenvalue weighted by molar-refractivity contribution is -0.173. The number of amides is 1. The van der Waals surface area contributed by atoms with Gasteiger partial charge in [0.25, 0.3) is 0 Å². The second kappa shape index (κ2) is 5.38. The van der Waals surface area contributed by atoms with Crippen molar-refractivity contribution in [3.05, 3.63) is 12.2 Å². The zero-order chi connectivity index (χ0) is 12.1. The SMILES string of the molecule is C[C@@H](/C=C/CC(=O)O)NC(=O)C(F)(F)F. The van der Waals surface area contributed by atoms with Crippen LogP contribution in [0.15, 0.2) is 12.2 Å². The van der Waals surface area contributed by atoms with E-state index < -0.39 is 24.1 Å². The third-order valence-electron chi connectivity index (χ3n) is 1.33. The summed E-state index contributed by atoms with van der Waals surface area (Å²) in [6.07, 6.45) is -2.87. The molecule has 0 saturated carbocycles. The second-order valence-corrected chi connectivity index (χ2v) is 2.79. The van der Waals surface area contributed by atoms with Crippen molar-refractivity contribution >= 4 is 11.9 Å². The number of nitrogens with one attached hydrogen (secondary N) is 1. The molecule has 1 amide bonds. The molecule has 2 N–H and O–H groups in total. The summed E-state index contributed by atoms with van der Waals surface area (Å²) in [5, 5.41) is 9.87. The van der Waals surface area contributed by atoms with E-state index in [1.807, 2.05) is 0 Å². The van der Waals surface area contributed by atoms with Gasteiger partial charge in [-0.25, -0.2) is 0 Å². The molecule has 0 aromatic heterocycles. The first-order valence-electron chi connectivity index (χ1n) is 3.99. The highest BCUT2D eigenvalue weighted by Crippen LogP contribution is 2.14. The van der Waals surface area contributed by atoms with Crippen LogP contribution < -0.4 is 5.32 Å². The minimum atomic E-state index is -4.92. The van der Waals surface area contributed by atoms with Crippen LogP contribution in [0.2, 0.25) is 0 Å². The van der Waals surface area contributed by atoms with E-state index in [2.05, 4.69) is 0 Å². The molecule has 0 aliphatic heterocycles. The summed E-state index contributed by atoms with van der Waals surface area (Å²) in [6, 6.07) is -0.863. The number of carbonyl (C=O) groups excluding carboxylic acids is 1. The van der Waals surface area contributed by atoms with E-state index in [1.165, 1.54) is 19.1 Å². The molecule has 4 nitrogen and oxygen atoms in total. The molecule has 0 aliphatic carbocycles. The van der Waals surface area contributed by atoms with E-state index >= 15 is 0 Å². The number of rotatable bonds is 4. The lowest BCUT2D eigenvalue weighted by Gasteiger charge is -2.11. The van der Waals surface area contributed by atoms with E-state index in [0.717, 1.165) is 0 Å². The molecule has 0 bridgehead atoms. The van der Waals surface area contributed by atoms with Crippen molar-refractivity contribution in [3.63, 3.8) is 0 Å². The Bertz CT molecular complexity index is 273. The molecule has 0 aliphatic rings. The normalized spacial score (nSPS) is 13.9. The summed E-state index contributed by atoms with van der Waals surface area (Å²) in [7, 11) is 0. The average molecular weight is 225 g/mol. The van der Waals surface area contributed by atoms with Gasteiger partial charge >= 0.3 is 18.1 Å². The van der Waals surface area contributed by atoms with Gasteiger partial charge in [0.2, 0.25) is 0 Å². The summed E-state index contributed by atoms with van der Waals surface area (Å²) >= 11 is 0. The Morgan fingerprint density at radius 3 is 2.40 bits per heavy atom. The molecule has 0 heterocycles. The molecule has 0 fully saturated rings. The maximum absolute atomic E-state index is 11.7. The minimum Gasteiger partial charge on any atom is -0.481 e. The fourth-order valence-electron chi connectivity index (χ4n) is 0.710. The van der Waals surface area contributed by atoms with Crippen LogP contribution in [-0.2, 0) is 9.59 Å². The summed E-state index contributed by atoms with van der Waals surface area (Å²) in [6.45, 7) is 1.31. The van der Waals surface area contributed by atoms with Crippen LogP contribution in [0.4, 0.5) is 13.2 Å². The van der Waals surface area contributed by atoms with Gasteiger partial charge in [-0.2, -0.15) is 13.2 Å². The third kappa shape index (κ3) is 6.53. The van der Waals surface area contributed by atoms with Crippen molar-refractivity contribution < 1.29 is 27.9 Å². The van der Waals surface area contributed by atoms with Crippen molar-refractivity contribution in [3.8, 4) is 0 Å². The van der Waals surface area contributed by atoms with E-state index in [0.29, 0.717) is 0 Å². The number of hydrogen-bond donors (Lipinski definition) is 2. The molecule has 0 saturated heterocycles. The number of carbonyl (C=O) groups is 2. The van der Waals surface area contributed by atoms with Gasteiger partial charge in [0.15, 0.2) is 0 Å². The van der Waals surface area contributed by atoms with Crippen LogP contribution in [-0.4, -0.2) is 29.2 Å². The molecule has 7 heteroatoms. The predicted molar refractivity (Wildman–Crippen MR) is 45.1 cm³/mol. The Hall–Kier alpha value is -1.53. The molecule has 0 spiro atoms. The first kappa shape index (κ1) is 13.5. The topological polar surface area (TPSA) is 66.4 Å². The Morgan fingerprint density at radius 2 is 2.00 bits per heavy atom. The molecule has 0 aromatic rings. The maximum Gasteiger partial charge on any atom is 0.471 e. The number of alkyl halides is 3. The first-order chi connectivity index (χ1) is 6.73. The molecule has 0 rings (SSSR count). The largest absolute Gasteiger partial charge is 0.481 e. The molecular formula is C8H10F3NO3. The lowest BCUT2D eigenvalue weighted by Crippen LogP contribution is -2.41. The highest BCUT2D eigenvalue weighted by Gasteiger charge is 2.38. The standard InChI is InChI=1S/C8H10F3NO3/c1-5(3-2-4-6(13)14)12-7(15)8(9,10)11/h2-3,5H,4H2,1H3,(H,12,15)(H,13,14)/b3-2+/t5-/m0/s1.